The normalized spacial score (nSPS) is 16.5. The molecule has 8 heteroatoms. The van der Waals surface area contributed by atoms with Gasteiger partial charge in [-0.25, -0.2) is 4.99 Å². The van der Waals surface area contributed by atoms with Crippen LogP contribution in [0.1, 0.15) is 41.6 Å². The van der Waals surface area contributed by atoms with Gasteiger partial charge in [-0.05, 0) is 65.9 Å². The van der Waals surface area contributed by atoms with Gasteiger partial charge in [-0.3, -0.25) is 14.2 Å². The Morgan fingerprint density at radius 3 is 2.70 bits per heavy atom. The minimum atomic E-state index is -0.424. The van der Waals surface area contributed by atoms with Gasteiger partial charge in [0.2, 0.25) is 0 Å². The Bertz CT molecular complexity index is 1790. The van der Waals surface area contributed by atoms with Crippen molar-refractivity contribution in [2.45, 2.75) is 25.8 Å². The summed E-state index contributed by atoms with van der Waals surface area (Å²) >= 11 is 11.0. The number of allylic oxidation sites excluding steroid dienone is 1. The summed E-state index contributed by atoms with van der Waals surface area (Å²) in [4.78, 5) is 31.2. The van der Waals surface area contributed by atoms with Crippen LogP contribution in [0.2, 0.25) is 5.02 Å². The first-order chi connectivity index (χ1) is 17.9. The molecule has 5 nitrogen and oxygen atoms in total. The lowest BCUT2D eigenvalue weighted by Crippen LogP contribution is -2.38. The number of rotatable bonds is 3. The first-order valence-corrected chi connectivity index (χ1v) is 13.7. The average Bonchev–Trinajstić information content (AvgIpc) is 3.19. The first-order valence-electron chi connectivity index (χ1n) is 11.8. The number of fused-ring (bicyclic) bond motifs is 3. The fraction of sp³-hybridized carbons (Fsp3) is 0.138. The molecule has 1 aliphatic carbocycles. The summed E-state index contributed by atoms with van der Waals surface area (Å²) in [5, 5.41) is 0.645. The zero-order valence-electron chi connectivity index (χ0n) is 19.7. The third-order valence-corrected chi connectivity index (χ3v) is 8.30. The topological polar surface area (TPSA) is 60.7 Å². The Labute approximate surface area is 230 Å². The average molecular weight is 592 g/mol. The van der Waals surface area contributed by atoms with E-state index < -0.39 is 5.97 Å². The van der Waals surface area contributed by atoms with Gasteiger partial charge in [-0.2, -0.15) is 0 Å². The van der Waals surface area contributed by atoms with Gasteiger partial charge >= 0.3 is 5.97 Å². The van der Waals surface area contributed by atoms with E-state index in [2.05, 4.69) is 34.1 Å². The smallest absolute Gasteiger partial charge is 0.308 e. The lowest BCUT2D eigenvalue weighted by atomic mass is 9.83. The number of esters is 1. The molecule has 6 rings (SSSR count). The molecule has 2 aliphatic rings. The molecule has 0 radical (unpaired) electrons. The number of thiazole rings is 1. The Morgan fingerprint density at radius 2 is 1.92 bits per heavy atom. The second-order valence-corrected chi connectivity index (χ2v) is 11.3. The summed E-state index contributed by atoms with van der Waals surface area (Å²) in [6.07, 6.45) is 3.47. The lowest BCUT2D eigenvalue weighted by Gasteiger charge is -2.30. The van der Waals surface area contributed by atoms with Gasteiger partial charge in [0.25, 0.3) is 5.56 Å². The van der Waals surface area contributed by atoms with E-state index in [1.54, 1.807) is 22.8 Å². The minimum Gasteiger partial charge on any atom is -0.426 e. The summed E-state index contributed by atoms with van der Waals surface area (Å²) in [6, 6.07) is 21.1. The molecule has 37 heavy (non-hydrogen) atoms. The van der Waals surface area contributed by atoms with Gasteiger partial charge < -0.3 is 4.74 Å². The molecule has 0 bridgehead atoms. The molecule has 0 spiro atoms. The molecule has 3 aromatic carbocycles. The van der Waals surface area contributed by atoms with Crippen LogP contribution in [0.3, 0.4) is 0 Å². The number of nitrogens with zero attached hydrogens (tertiary/aromatic N) is 2. The second kappa shape index (κ2) is 9.56. The van der Waals surface area contributed by atoms with Crippen molar-refractivity contribution in [2.24, 2.45) is 4.99 Å². The van der Waals surface area contributed by atoms with Gasteiger partial charge in [-0.15, -0.1) is 0 Å². The van der Waals surface area contributed by atoms with Crippen molar-refractivity contribution < 1.29 is 9.53 Å². The first kappa shape index (κ1) is 24.1. The van der Waals surface area contributed by atoms with Crippen LogP contribution >= 0.6 is 38.9 Å². The molecule has 4 aromatic rings. The number of benzene rings is 3. The van der Waals surface area contributed by atoms with Gasteiger partial charge in [0.1, 0.15) is 5.75 Å². The molecule has 1 aliphatic heterocycles. The molecule has 184 valence electrons. The summed E-state index contributed by atoms with van der Waals surface area (Å²) in [6.45, 7) is 1.36. The fourth-order valence-electron chi connectivity index (χ4n) is 4.99. The third kappa shape index (κ3) is 4.41. The Hall–Kier alpha value is -3.26. The Kier molecular flexibility index (Phi) is 6.23. The van der Waals surface area contributed by atoms with Gasteiger partial charge in [0.15, 0.2) is 4.80 Å². The number of ether oxygens (including phenoxy) is 1. The van der Waals surface area contributed by atoms with E-state index in [1.807, 2.05) is 36.4 Å². The number of hydrogen-bond donors (Lipinski definition) is 0. The van der Waals surface area contributed by atoms with Crippen LogP contribution in [-0.2, 0) is 11.2 Å². The predicted octanol–water partition coefficient (Wildman–Crippen LogP) is 5.66. The van der Waals surface area contributed by atoms with E-state index in [0.717, 1.165) is 39.7 Å². The van der Waals surface area contributed by atoms with Gasteiger partial charge in [0, 0.05) is 27.5 Å². The maximum absolute atomic E-state index is 13.9. The van der Waals surface area contributed by atoms with Crippen LogP contribution < -0.4 is 19.6 Å². The zero-order valence-corrected chi connectivity index (χ0v) is 22.9. The number of halogens is 2. The Balaban J connectivity index is 1.61. The second-order valence-electron chi connectivity index (χ2n) is 8.94. The van der Waals surface area contributed by atoms with Crippen molar-refractivity contribution in [1.82, 2.24) is 4.57 Å². The lowest BCUT2D eigenvalue weighted by molar-refractivity contribution is -0.131. The van der Waals surface area contributed by atoms with E-state index in [-0.39, 0.29) is 11.6 Å². The number of carbonyl (C=O) groups excluding carboxylic acids is 1. The van der Waals surface area contributed by atoms with E-state index in [0.29, 0.717) is 25.7 Å². The van der Waals surface area contributed by atoms with Crippen molar-refractivity contribution >= 4 is 56.6 Å². The molecule has 1 atom stereocenters. The number of aromatic nitrogens is 1. The van der Waals surface area contributed by atoms with Crippen LogP contribution in [-0.4, -0.2) is 10.5 Å². The molecule has 1 aromatic heterocycles. The molecule has 0 saturated heterocycles. The highest BCUT2D eigenvalue weighted by molar-refractivity contribution is 9.10. The number of aryl methyl sites for hydroxylation is 1. The van der Waals surface area contributed by atoms with Crippen LogP contribution in [0.5, 0.6) is 5.75 Å². The van der Waals surface area contributed by atoms with Crippen molar-refractivity contribution in [3.05, 3.63) is 124 Å². The quantitative estimate of drug-likeness (QED) is 0.228. The van der Waals surface area contributed by atoms with E-state index >= 15 is 0 Å². The van der Waals surface area contributed by atoms with Crippen LogP contribution in [0.4, 0.5) is 0 Å². The Morgan fingerprint density at radius 1 is 1.14 bits per heavy atom. The molecule has 0 fully saturated rings. The number of carbonyl (C=O) groups is 1. The fourth-order valence-corrected chi connectivity index (χ4v) is 6.49. The van der Waals surface area contributed by atoms with E-state index in [4.69, 9.17) is 21.3 Å². The SMILES string of the molecule is CC(=O)Oc1ccc(Br)cc1/C=c1/sc2n(c1=O)[C@H](c1ccc(Cl)cc1)C1=C(N=2)c2ccccc2CC1. The van der Waals surface area contributed by atoms with Gasteiger partial charge in [0.05, 0.1) is 16.3 Å². The largest absolute Gasteiger partial charge is 0.426 e. The van der Waals surface area contributed by atoms with Crippen LogP contribution in [0.15, 0.2) is 86.6 Å². The summed E-state index contributed by atoms with van der Waals surface area (Å²) in [7, 11) is 0. The standard InChI is InChI=1S/C29H20BrClN2O3S/c1-16(34)36-24-13-9-20(30)14-19(24)15-25-28(35)33-27(18-6-10-21(31)11-7-18)23-12-8-17-4-2-3-5-22(17)26(23)32-29(33)37-25/h2-7,9-11,13-15,27H,8,12H2,1H3/b25-15+/t27-/m1/s1. The van der Waals surface area contributed by atoms with E-state index in [1.165, 1.54) is 23.8 Å². The summed E-state index contributed by atoms with van der Waals surface area (Å²) < 4.78 is 8.51. The maximum atomic E-state index is 13.9. The summed E-state index contributed by atoms with van der Waals surface area (Å²) in [5.41, 5.74) is 5.93. The molecular weight excluding hydrogens is 572 g/mol. The van der Waals surface area contributed by atoms with Crippen molar-refractivity contribution in [3.8, 4) is 5.75 Å². The number of hydrogen-bond acceptors (Lipinski definition) is 5. The summed E-state index contributed by atoms with van der Waals surface area (Å²) in [5.74, 6) is -0.0310. The molecule has 0 saturated carbocycles. The van der Waals surface area contributed by atoms with Crippen molar-refractivity contribution in [1.29, 1.82) is 0 Å². The van der Waals surface area contributed by atoms with Crippen molar-refractivity contribution in [3.63, 3.8) is 0 Å². The van der Waals surface area contributed by atoms with Crippen LogP contribution in [0.25, 0.3) is 11.8 Å². The highest BCUT2D eigenvalue weighted by atomic mass is 79.9. The monoisotopic (exact) mass is 590 g/mol. The highest BCUT2D eigenvalue weighted by Crippen LogP contribution is 2.41. The molecule has 0 N–H and O–H groups in total. The van der Waals surface area contributed by atoms with Crippen molar-refractivity contribution in [2.75, 3.05) is 0 Å². The molecule has 2 heterocycles. The van der Waals surface area contributed by atoms with Crippen LogP contribution in [0, 0.1) is 0 Å². The molecular formula is C29H20BrClN2O3S. The minimum absolute atomic E-state index is 0.136. The molecule has 0 unspecified atom stereocenters. The molecule has 0 amide bonds. The van der Waals surface area contributed by atoms with E-state index in [9.17, 15) is 9.59 Å². The van der Waals surface area contributed by atoms with Gasteiger partial charge in [-0.1, -0.05) is 75.3 Å². The maximum Gasteiger partial charge on any atom is 0.308 e. The third-order valence-electron chi connectivity index (χ3n) is 6.57. The predicted molar refractivity (Wildman–Crippen MR) is 150 cm³/mol. The zero-order chi connectivity index (χ0) is 25.7. The highest BCUT2D eigenvalue weighted by Gasteiger charge is 2.32.